The summed E-state index contributed by atoms with van der Waals surface area (Å²) in [4.78, 5) is 0. The maximum Gasteiger partial charge on any atom is 0.271 e. The lowest BCUT2D eigenvalue weighted by molar-refractivity contribution is 0.457. The lowest BCUT2D eigenvalue weighted by Crippen LogP contribution is -2.29. The van der Waals surface area contributed by atoms with Gasteiger partial charge in [0.05, 0.1) is 0 Å². The fraction of sp³-hybridized carbons (Fsp3) is 0.625. The van der Waals surface area contributed by atoms with Crippen LogP contribution in [-0.2, 0) is 16.5 Å². The van der Waals surface area contributed by atoms with Gasteiger partial charge in [0.15, 0.2) is 0 Å². The van der Waals surface area contributed by atoms with Gasteiger partial charge in [-0.2, -0.15) is 8.42 Å². The fourth-order valence-corrected chi connectivity index (χ4v) is 3.70. The smallest absolute Gasteiger partial charge is 0.271 e. The molecule has 21 heavy (non-hydrogen) atoms. The van der Waals surface area contributed by atoms with E-state index >= 15 is 0 Å². The van der Waals surface area contributed by atoms with Gasteiger partial charge in [0, 0.05) is 12.1 Å². The van der Waals surface area contributed by atoms with Crippen molar-refractivity contribution in [2.75, 3.05) is 0 Å². The molecule has 0 bridgehead atoms. The summed E-state index contributed by atoms with van der Waals surface area (Å²) >= 11 is 0. The first-order valence-corrected chi connectivity index (χ1v) is 9.02. The van der Waals surface area contributed by atoms with Crippen molar-refractivity contribution in [1.82, 2.24) is 5.32 Å². The van der Waals surface area contributed by atoms with Gasteiger partial charge < -0.3 is 5.32 Å². The summed E-state index contributed by atoms with van der Waals surface area (Å²) in [6.45, 7) is 8.61. The zero-order chi connectivity index (χ0) is 16.0. The largest absolute Gasteiger partial charge is 0.312 e. The topological polar surface area (TPSA) is 66.4 Å². The van der Waals surface area contributed by atoms with Crippen molar-refractivity contribution in [1.29, 1.82) is 0 Å². The van der Waals surface area contributed by atoms with E-state index in [2.05, 4.69) is 33.0 Å². The van der Waals surface area contributed by atoms with E-state index < -0.39 is 15.4 Å². The Hall–Kier alpha value is -0.910. The first-order chi connectivity index (χ1) is 9.71. The van der Waals surface area contributed by atoms with Gasteiger partial charge in [0.25, 0.3) is 10.1 Å². The van der Waals surface area contributed by atoms with E-state index in [4.69, 9.17) is 4.55 Å². The Morgan fingerprint density at radius 1 is 1.14 bits per heavy atom. The molecule has 0 radical (unpaired) electrons. The highest BCUT2D eigenvalue weighted by atomic mass is 32.2. The summed E-state index contributed by atoms with van der Waals surface area (Å²) < 4.78 is 31.3. The fourth-order valence-electron chi connectivity index (χ4n) is 2.69. The second kappa shape index (κ2) is 7.92. The molecule has 5 heteroatoms. The molecule has 1 aromatic rings. The number of hydrogen-bond donors (Lipinski definition) is 2. The number of benzene rings is 1. The third kappa shape index (κ3) is 6.16. The molecule has 2 rings (SSSR count). The van der Waals surface area contributed by atoms with Crippen LogP contribution in [0.4, 0.5) is 0 Å². The number of rotatable bonds is 3. The quantitative estimate of drug-likeness (QED) is 0.840. The predicted octanol–water partition coefficient (Wildman–Crippen LogP) is 3.34. The summed E-state index contributed by atoms with van der Waals surface area (Å²) in [5.41, 5.74) is 1.81. The molecule has 0 saturated heterocycles. The normalized spacial score (nSPS) is 18.1. The van der Waals surface area contributed by atoms with Crippen molar-refractivity contribution in [3.63, 3.8) is 0 Å². The van der Waals surface area contributed by atoms with Gasteiger partial charge in [0.1, 0.15) is 5.25 Å². The van der Waals surface area contributed by atoms with Crippen LogP contribution in [-0.4, -0.2) is 25.1 Å². The second-order valence-corrected chi connectivity index (χ2v) is 7.67. The van der Waals surface area contributed by atoms with Crippen LogP contribution in [0.1, 0.15) is 56.9 Å². The Morgan fingerprint density at radius 2 is 1.71 bits per heavy atom. The lowest BCUT2D eigenvalue weighted by Gasteiger charge is -2.22. The van der Waals surface area contributed by atoms with Crippen LogP contribution in [0.5, 0.6) is 0 Å². The average molecular weight is 313 g/mol. The Balaban J connectivity index is 0.000000270. The van der Waals surface area contributed by atoms with Gasteiger partial charge in [0.2, 0.25) is 0 Å². The Morgan fingerprint density at radius 3 is 2.19 bits per heavy atom. The maximum absolute atomic E-state index is 11.1. The molecule has 0 amide bonds. The van der Waals surface area contributed by atoms with Gasteiger partial charge in [-0.15, -0.1) is 0 Å². The highest BCUT2D eigenvalue weighted by Crippen LogP contribution is 2.34. The summed E-state index contributed by atoms with van der Waals surface area (Å²) in [5.74, 6) is 0. The summed E-state index contributed by atoms with van der Waals surface area (Å²) in [5, 5.41) is 2.59. The van der Waals surface area contributed by atoms with Crippen molar-refractivity contribution < 1.29 is 13.0 Å². The molecule has 0 heterocycles. The van der Waals surface area contributed by atoms with Crippen molar-refractivity contribution in [2.24, 2.45) is 0 Å². The van der Waals surface area contributed by atoms with Crippen molar-refractivity contribution >= 4 is 10.1 Å². The Kier molecular flexibility index (Phi) is 6.84. The zero-order valence-corrected chi connectivity index (χ0v) is 14.2. The first kappa shape index (κ1) is 18.1. The molecule has 1 aliphatic carbocycles. The molecule has 1 unspecified atom stereocenters. The molecule has 1 atom stereocenters. The average Bonchev–Trinajstić information content (AvgIpc) is 2.36. The summed E-state index contributed by atoms with van der Waals surface area (Å²) in [6.07, 6.45) is 2.25. The third-order valence-corrected chi connectivity index (χ3v) is 4.55. The Bertz CT molecular complexity index is 532. The van der Waals surface area contributed by atoms with Gasteiger partial charge in [-0.1, -0.05) is 52.0 Å². The van der Waals surface area contributed by atoms with E-state index in [1.54, 1.807) is 6.07 Å². The molecule has 2 N–H and O–H groups in total. The summed E-state index contributed by atoms with van der Waals surface area (Å²) in [6, 6.07) is 8.66. The molecule has 120 valence electrons. The minimum atomic E-state index is -3.94. The minimum absolute atomic E-state index is 0.524. The molecule has 0 aliphatic heterocycles. The molecule has 1 aromatic carbocycles. The molecular formula is C16H27NO3S. The van der Waals surface area contributed by atoms with Crippen molar-refractivity contribution in [3.8, 4) is 0 Å². The SMILES string of the molecule is CC(C)NC(C)C.O=S(=O)(O)C1CCCc2ccccc21. The van der Waals surface area contributed by atoms with E-state index in [-0.39, 0.29) is 0 Å². The Labute approximate surface area is 128 Å². The van der Waals surface area contributed by atoms with E-state index in [1.165, 1.54) is 0 Å². The van der Waals surface area contributed by atoms with Crippen LogP contribution < -0.4 is 5.32 Å². The summed E-state index contributed by atoms with van der Waals surface area (Å²) in [7, 11) is -3.94. The number of hydrogen-bond acceptors (Lipinski definition) is 3. The van der Waals surface area contributed by atoms with Crippen LogP contribution in [0.2, 0.25) is 0 Å². The van der Waals surface area contributed by atoms with Crippen molar-refractivity contribution in [2.45, 2.75) is 64.3 Å². The highest BCUT2D eigenvalue weighted by molar-refractivity contribution is 7.86. The monoisotopic (exact) mass is 313 g/mol. The number of fused-ring (bicyclic) bond motifs is 1. The highest BCUT2D eigenvalue weighted by Gasteiger charge is 2.29. The molecule has 0 aromatic heterocycles. The molecule has 0 fully saturated rings. The molecular weight excluding hydrogens is 286 g/mol. The standard InChI is InChI=1S/C10H12O3S.C6H15N/c11-14(12,13)10-7-3-5-8-4-1-2-6-9(8)10;1-5(2)7-6(3)4/h1-2,4,6,10H,3,5,7H2,(H,11,12,13);5-7H,1-4H3. The van der Waals surface area contributed by atoms with E-state index in [9.17, 15) is 8.42 Å². The lowest BCUT2D eigenvalue weighted by atomic mass is 9.91. The van der Waals surface area contributed by atoms with Crippen LogP contribution in [0.3, 0.4) is 0 Å². The molecule has 0 saturated carbocycles. The number of nitrogens with one attached hydrogen (secondary N) is 1. The van der Waals surface area contributed by atoms with Crippen LogP contribution >= 0.6 is 0 Å². The van der Waals surface area contributed by atoms with Crippen molar-refractivity contribution in [3.05, 3.63) is 35.4 Å². The van der Waals surface area contributed by atoms with E-state index in [1.807, 2.05) is 18.2 Å². The zero-order valence-electron chi connectivity index (χ0n) is 13.3. The van der Waals surface area contributed by atoms with Gasteiger partial charge in [-0.3, -0.25) is 4.55 Å². The third-order valence-electron chi connectivity index (χ3n) is 3.34. The van der Waals surface area contributed by atoms with Gasteiger partial charge >= 0.3 is 0 Å². The predicted molar refractivity (Wildman–Crippen MR) is 87.1 cm³/mol. The van der Waals surface area contributed by atoms with Gasteiger partial charge in [-0.05, 0) is 30.4 Å². The van der Waals surface area contributed by atoms with Crippen LogP contribution in [0.25, 0.3) is 0 Å². The van der Waals surface area contributed by atoms with Crippen LogP contribution in [0.15, 0.2) is 24.3 Å². The minimum Gasteiger partial charge on any atom is -0.312 e. The van der Waals surface area contributed by atoms with E-state index in [0.29, 0.717) is 18.5 Å². The van der Waals surface area contributed by atoms with Gasteiger partial charge in [-0.25, -0.2) is 0 Å². The first-order valence-electron chi connectivity index (χ1n) is 7.52. The maximum atomic E-state index is 11.1. The molecule has 4 nitrogen and oxygen atoms in total. The van der Waals surface area contributed by atoms with Crippen LogP contribution in [0, 0.1) is 0 Å². The van der Waals surface area contributed by atoms with E-state index in [0.717, 1.165) is 24.0 Å². The molecule has 0 spiro atoms. The second-order valence-electron chi connectivity index (χ2n) is 6.07. The molecule has 1 aliphatic rings. The number of aryl methyl sites for hydroxylation is 1.